The molecule has 0 unspecified atom stereocenters. The second kappa shape index (κ2) is 5.27. The van der Waals surface area contributed by atoms with Crippen molar-refractivity contribution in [3.63, 3.8) is 0 Å². The molecular formula is C13H13N2O3+. The highest BCUT2D eigenvalue weighted by Gasteiger charge is 2.24. The Morgan fingerprint density at radius 3 is 2.61 bits per heavy atom. The first-order chi connectivity index (χ1) is 8.68. The van der Waals surface area contributed by atoms with Crippen molar-refractivity contribution < 1.29 is 14.2 Å². The number of hydrogen-bond acceptors (Lipinski definition) is 3. The van der Waals surface area contributed by atoms with E-state index in [0.717, 1.165) is 5.56 Å². The third-order valence-electron chi connectivity index (χ3n) is 2.52. The van der Waals surface area contributed by atoms with Gasteiger partial charge >= 0.3 is 11.6 Å². The fourth-order valence-electron chi connectivity index (χ4n) is 1.62. The lowest BCUT2D eigenvalue weighted by Gasteiger charge is -2.04. The van der Waals surface area contributed by atoms with Gasteiger partial charge in [0.05, 0.1) is 4.92 Å². The number of rotatable bonds is 4. The second-order valence-electron chi connectivity index (χ2n) is 3.84. The summed E-state index contributed by atoms with van der Waals surface area (Å²) in [5.74, 6) is 0.256. The fourth-order valence-corrected chi connectivity index (χ4v) is 1.62. The molecule has 0 saturated carbocycles. The largest absolute Gasteiger partial charge is 0.448 e. The van der Waals surface area contributed by atoms with Crippen LogP contribution in [0.5, 0.6) is 5.88 Å². The average molecular weight is 245 g/mol. The van der Waals surface area contributed by atoms with Crippen molar-refractivity contribution in [1.29, 1.82) is 0 Å². The highest BCUT2D eigenvalue weighted by Crippen LogP contribution is 2.22. The Morgan fingerprint density at radius 1 is 1.22 bits per heavy atom. The zero-order chi connectivity index (χ0) is 13.0. The average Bonchev–Trinajstić information content (AvgIpc) is 2.38. The maximum Gasteiger partial charge on any atom is 0.448 e. The number of pyridine rings is 1. The van der Waals surface area contributed by atoms with E-state index in [1.807, 2.05) is 30.3 Å². The Morgan fingerprint density at radius 2 is 1.94 bits per heavy atom. The van der Waals surface area contributed by atoms with Crippen molar-refractivity contribution in [2.24, 2.45) is 7.05 Å². The molecular weight excluding hydrogens is 232 g/mol. The van der Waals surface area contributed by atoms with Gasteiger partial charge in [-0.3, -0.25) is 10.1 Å². The van der Waals surface area contributed by atoms with Gasteiger partial charge in [-0.15, -0.1) is 0 Å². The quantitative estimate of drug-likeness (QED) is 0.470. The van der Waals surface area contributed by atoms with Gasteiger partial charge in [0.15, 0.2) is 6.20 Å². The molecule has 1 aromatic carbocycles. The Labute approximate surface area is 104 Å². The third kappa shape index (κ3) is 2.63. The topological polar surface area (TPSA) is 56.2 Å². The standard InChI is InChI=1S/C13H13N2O3/c1-14-9-5-8-12(15(16)17)13(14)18-10-11-6-3-2-4-7-11/h2-9H,10H2,1H3/q+1. The van der Waals surface area contributed by atoms with Crippen molar-refractivity contribution in [1.82, 2.24) is 0 Å². The van der Waals surface area contributed by atoms with Gasteiger partial charge in [0.2, 0.25) is 0 Å². The van der Waals surface area contributed by atoms with Crippen molar-refractivity contribution in [2.45, 2.75) is 6.61 Å². The van der Waals surface area contributed by atoms with Gasteiger partial charge in [0.1, 0.15) is 13.7 Å². The first kappa shape index (κ1) is 12.0. The van der Waals surface area contributed by atoms with Crippen LogP contribution in [0.4, 0.5) is 5.69 Å². The minimum atomic E-state index is -0.444. The van der Waals surface area contributed by atoms with Crippen LogP contribution in [0.3, 0.4) is 0 Å². The number of aromatic nitrogens is 1. The number of ether oxygens (including phenoxy) is 1. The SMILES string of the molecule is C[n+]1cccc([N+](=O)[O-])c1OCc1ccccc1. The van der Waals surface area contributed by atoms with E-state index in [2.05, 4.69) is 0 Å². The molecule has 2 rings (SSSR count). The maximum atomic E-state index is 10.9. The molecule has 0 saturated heterocycles. The van der Waals surface area contributed by atoms with Crippen molar-refractivity contribution >= 4 is 5.69 Å². The van der Waals surface area contributed by atoms with Gasteiger partial charge in [0.25, 0.3) is 0 Å². The van der Waals surface area contributed by atoms with Gasteiger partial charge in [-0.2, -0.15) is 4.57 Å². The summed E-state index contributed by atoms with van der Waals surface area (Å²) in [6.07, 6.45) is 1.72. The lowest BCUT2D eigenvalue weighted by molar-refractivity contribution is -0.680. The second-order valence-corrected chi connectivity index (χ2v) is 3.84. The molecule has 5 heteroatoms. The zero-order valence-electron chi connectivity index (χ0n) is 9.95. The Bertz CT molecular complexity index is 555. The third-order valence-corrected chi connectivity index (χ3v) is 2.52. The zero-order valence-corrected chi connectivity index (χ0v) is 9.95. The molecule has 1 heterocycles. The van der Waals surface area contributed by atoms with E-state index in [1.54, 1.807) is 23.9 Å². The Balaban J connectivity index is 2.21. The van der Waals surface area contributed by atoms with Crippen LogP contribution in [0.25, 0.3) is 0 Å². The van der Waals surface area contributed by atoms with E-state index in [-0.39, 0.29) is 11.6 Å². The molecule has 0 radical (unpaired) electrons. The molecule has 0 fully saturated rings. The molecule has 0 N–H and O–H groups in total. The van der Waals surface area contributed by atoms with E-state index in [4.69, 9.17) is 4.74 Å². The van der Waals surface area contributed by atoms with E-state index in [1.165, 1.54) is 6.07 Å². The molecule has 0 amide bonds. The minimum absolute atomic E-state index is 0.0315. The molecule has 18 heavy (non-hydrogen) atoms. The summed E-state index contributed by atoms with van der Waals surface area (Å²) in [5, 5.41) is 10.9. The predicted octanol–water partition coefficient (Wildman–Crippen LogP) is 2.00. The molecule has 0 aliphatic heterocycles. The van der Waals surface area contributed by atoms with Crippen LogP contribution in [0.2, 0.25) is 0 Å². The monoisotopic (exact) mass is 245 g/mol. The summed E-state index contributed by atoms with van der Waals surface area (Å²) in [5.41, 5.74) is 0.937. The van der Waals surface area contributed by atoms with Crippen LogP contribution in [-0.2, 0) is 13.7 Å². The Kier molecular flexibility index (Phi) is 3.52. The molecule has 5 nitrogen and oxygen atoms in total. The maximum absolute atomic E-state index is 10.9. The molecule has 0 aliphatic carbocycles. The lowest BCUT2D eigenvalue weighted by Crippen LogP contribution is -2.30. The smallest absolute Gasteiger partial charge is 0.434 e. The number of benzene rings is 1. The van der Waals surface area contributed by atoms with Gasteiger partial charge in [-0.1, -0.05) is 30.3 Å². The summed E-state index contributed by atoms with van der Waals surface area (Å²) in [7, 11) is 1.72. The van der Waals surface area contributed by atoms with Crippen LogP contribution in [-0.4, -0.2) is 4.92 Å². The van der Waals surface area contributed by atoms with Gasteiger partial charge < -0.3 is 4.74 Å². The summed E-state index contributed by atoms with van der Waals surface area (Å²) < 4.78 is 7.13. The first-order valence-electron chi connectivity index (χ1n) is 5.48. The molecule has 92 valence electrons. The minimum Gasteiger partial charge on any atom is -0.434 e. The highest BCUT2D eigenvalue weighted by atomic mass is 16.6. The molecule has 0 spiro atoms. The van der Waals surface area contributed by atoms with E-state index >= 15 is 0 Å². The number of nitrogens with zero attached hydrogens (tertiary/aromatic N) is 2. The summed E-state index contributed by atoms with van der Waals surface area (Å²) in [4.78, 5) is 10.5. The van der Waals surface area contributed by atoms with Gasteiger partial charge in [-0.25, -0.2) is 0 Å². The predicted molar refractivity (Wildman–Crippen MR) is 65.0 cm³/mol. The molecule has 1 aromatic heterocycles. The van der Waals surface area contributed by atoms with Crippen LogP contribution in [0, 0.1) is 10.1 Å². The summed E-state index contributed by atoms with van der Waals surface area (Å²) in [6.45, 7) is 0.305. The first-order valence-corrected chi connectivity index (χ1v) is 5.48. The number of hydrogen-bond donors (Lipinski definition) is 0. The normalized spacial score (nSPS) is 10.1. The van der Waals surface area contributed by atoms with E-state index in [0.29, 0.717) is 6.61 Å². The highest BCUT2D eigenvalue weighted by molar-refractivity contribution is 5.36. The van der Waals surface area contributed by atoms with Crippen molar-refractivity contribution in [2.75, 3.05) is 0 Å². The molecule has 0 bridgehead atoms. The summed E-state index contributed by atoms with van der Waals surface area (Å²) >= 11 is 0. The lowest BCUT2D eigenvalue weighted by atomic mass is 10.2. The van der Waals surface area contributed by atoms with Gasteiger partial charge in [0, 0.05) is 12.1 Å². The Hall–Kier alpha value is -2.43. The van der Waals surface area contributed by atoms with Crippen LogP contribution < -0.4 is 9.30 Å². The van der Waals surface area contributed by atoms with E-state index in [9.17, 15) is 10.1 Å². The van der Waals surface area contributed by atoms with Crippen molar-refractivity contribution in [3.8, 4) is 5.88 Å². The van der Waals surface area contributed by atoms with Crippen LogP contribution >= 0.6 is 0 Å². The molecule has 0 atom stereocenters. The van der Waals surface area contributed by atoms with Gasteiger partial charge in [-0.05, 0) is 5.56 Å². The van der Waals surface area contributed by atoms with Crippen molar-refractivity contribution in [3.05, 3.63) is 64.3 Å². The molecule has 0 aliphatic rings. The van der Waals surface area contributed by atoms with Crippen LogP contribution in [0.15, 0.2) is 48.7 Å². The summed E-state index contributed by atoms with van der Waals surface area (Å²) in [6, 6.07) is 12.6. The number of aryl methyl sites for hydroxylation is 1. The fraction of sp³-hybridized carbons (Fsp3) is 0.154. The number of nitro groups is 1. The van der Waals surface area contributed by atoms with E-state index < -0.39 is 4.92 Å². The van der Waals surface area contributed by atoms with Crippen LogP contribution in [0.1, 0.15) is 5.56 Å². The molecule has 2 aromatic rings.